The van der Waals surface area contributed by atoms with Crippen LogP contribution < -0.4 is 5.32 Å². The zero-order valence-corrected chi connectivity index (χ0v) is 31.6. The van der Waals surface area contributed by atoms with E-state index in [1.807, 2.05) is 44.2 Å². The largest absolute Gasteiger partial charge is 0.455 e. The van der Waals surface area contributed by atoms with E-state index in [0.29, 0.717) is 24.8 Å². The van der Waals surface area contributed by atoms with E-state index in [-0.39, 0.29) is 41.6 Å². The van der Waals surface area contributed by atoms with Gasteiger partial charge in [0.1, 0.15) is 17.7 Å². The van der Waals surface area contributed by atoms with Crippen molar-refractivity contribution < 1.29 is 33.8 Å². The first kappa shape index (κ1) is 38.8. The number of amides is 3. The van der Waals surface area contributed by atoms with Crippen LogP contribution in [-0.2, 0) is 28.7 Å². The normalized spacial score (nSPS) is 28.0. The molecule has 0 aliphatic carbocycles. The molecule has 3 aliphatic heterocycles. The lowest BCUT2D eigenvalue weighted by Crippen LogP contribution is -2.62. The molecule has 1 spiro atoms. The quantitative estimate of drug-likeness (QED) is 0.146. The van der Waals surface area contributed by atoms with Gasteiger partial charge in [-0.15, -0.1) is 13.2 Å². The van der Waals surface area contributed by atoms with Crippen LogP contribution in [0.1, 0.15) is 85.8 Å². The number of aliphatic hydroxyl groups is 1. The Morgan fingerprint density at radius 3 is 2.39 bits per heavy atom. The molecule has 3 fully saturated rings. The van der Waals surface area contributed by atoms with Gasteiger partial charge in [-0.3, -0.25) is 19.2 Å². The van der Waals surface area contributed by atoms with E-state index in [0.717, 1.165) is 0 Å². The molecule has 2 bridgehead atoms. The second-order valence-electron chi connectivity index (χ2n) is 15.7. The number of allylic oxidation sites excluding steroid dienone is 1. The number of hydrogen-bond acceptors (Lipinski definition) is 7. The summed E-state index contributed by atoms with van der Waals surface area (Å²) in [6, 6.07) is 6.77. The van der Waals surface area contributed by atoms with E-state index in [9.17, 15) is 24.3 Å². The molecule has 11 heteroatoms. The van der Waals surface area contributed by atoms with Gasteiger partial charge in [0, 0.05) is 23.3 Å². The van der Waals surface area contributed by atoms with Crippen LogP contribution in [0.5, 0.6) is 0 Å². The Hall–Kier alpha value is -3.02. The van der Waals surface area contributed by atoms with Crippen molar-refractivity contribution in [2.45, 2.75) is 120 Å². The van der Waals surface area contributed by atoms with E-state index in [2.05, 4.69) is 55.2 Å². The molecule has 1 unspecified atom stereocenters. The Kier molecular flexibility index (Phi) is 11.9. The monoisotopic (exact) mass is 743 g/mol. The third-order valence-corrected chi connectivity index (χ3v) is 10.9. The number of carbonyl (C=O) groups is 4. The van der Waals surface area contributed by atoms with Crippen molar-refractivity contribution in [3.8, 4) is 0 Å². The Bertz CT molecular complexity index is 1410. The molecule has 270 valence electrons. The van der Waals surface area contributed by atoms with Gasteiger partial charge in [-0.05, 0) is 57.9 Å². The zero-order valence-electron chi connectivity index (χ0n) is 30.0. The van der Waals surface area contributed by atoms with Gasteiger partial charge in [0.15, 0.2) is 0 Å². The Morgan fingerprint density at radius 2 is 1.82 bits per heavy atom. The Balaban J connectivity index is 1.74. The van der Waals surface area contributed by atoms with Crippen LogP contribution in [0.3, 0.4) is 0 Å². The molecule has 1 aromatic rings. The fourth-order valence-electron chi connectivity index (χ4n) is 8.42. The molecule has 3 heterocycles. The molecule has 3 saturated heterocycles. The molecule has 10 nitrogen and oxygen atoms in total. The minimum Gasteiger partial charge on any atom is -0.455 e. The first-order valence-electron chi connectivity index (χ1n) is 17.3. The number of aliphatic hydroxyl groups excluding tert-OH is 1. The number of ether oxygens (including phenoxy) is 2. The second-order valence-corrected chi connectivity index (χ2v) is 16.9. The smallest absolute Gasteiger partial charge is 0.313 e. The minimum absolute atomic E-state index is 0.108. The number of halogens is 1. The summed E-state index contributed by atoms with van der Waals surface area (Å²) in [6.45, 7) is 21.3. The Morgan fingerprint density at radius 1 is 1.16 bits per heavy atom. The highest BCUT2D eigenvalue weighted by Crippen LogP contribution is 2.61. The SMILES string of the molecule is C=CCCC(=O)N[C@@H](C)[C@H](OC(=O)[C@@H]1[C@H]2O[C@@]3(CC2Br)[C@H](C(=O)N(CC=C)C(C)(C)CC(C)(C)C)N([C@H](C)CO)C(=O)[C@@H]13)c1ccccc1. The number of likely N-dealkylation sites (tertiary alicyclic amines) is 1. The molecule has 2 N–H and O–H groups in total. The van der Waals surface area contributed by atoms with E-state index >= 15 is 0 Å². The maximum atomic E-state index is 14.9. The molecular formula is C38H54BrN3O7. The summed E-state index contributed by atoms with van der Waals surface area (Å²) in [5, 5.41) is 13.3. The highest BCUT2D eigenvalue weighted by molar-refractivity contribution is 9.09. The molecule has 3 aliphatic rings. The highest BCUT2D eigenvalue weighted by Gasteiger charge is 2.77. The van der Waals surface area contributed by atoms with Crippen molar-refractivity contribution >= 4 is 39.6 Å². The molecule has 4 rings (SSSR count). The molecule has 1 aromatic carbocycles. The van der Waals surface area contributed by atoms with Gasteiger partial charge in [-0.25, -0.2) is 0 Å². The standard InChI is InChI=1S/C38H54BrN3O7/c1-10-12-18-27(44)40-24(4)30(25-16-14-13-15-17-25)48-35(47)28-29-33(45)42(23(3)21-43)32(38(29)20-26(39)31(28)49-38)34(46)41(19-11-2)37(8,9)22-36(5,6)7/h10-11,13-17,23-24,26,28-32,43H,1-2,12,18-22H2,3-9H3,(H,40,44)/t23-,24+,26?,28+,29-,30+,31+,32+,38-/m1/s1. The number of rotatable bonds is 15. The number of alkyl halides is 1. The first-order chi connectivity index (χ1) is 22.9. The van der Waals surface area contributed by atoms with Crippen LogP contribution in [0.25, 0.3) is 0 Å². The lowest BCUT2D eigenvalue weighted by atomic mass is 9.70. The summed E-state index contributed by atoms with van der Waals surface area (Å²) in [5.74, 6) is -3.60. The van der Waals surface area contributed by atoms with Crippen LogP contribution in [0.4, 0.5) is 0 Å². The molecule has 9 atom stereocenters. The van der Waals surface area contributed by atoms with Crippen LogP contribution in [0.15, 0.2) is 55.6 Å². The number of esters is 1. The number of fused-ring (bicyclic) bond motifs is 1. The van der Waals surface area contributed by atoms with Gasteiger partial charge >= 0.3 is 5.97 Å². The average Bonchev–Trinajstić information content (AvgIpc) is 3.62. The van der Waals surface area contributed by atoms with Gasteiger partial charge in [-0.1, -0.05) is 79.2 Å². The zero-order chi connectivity index (χ0) is 36.5. The predicted molar refractivity (Wildman–Crippen MR) is 191 cm³/mol. The van der Waals surface area contributed by atoms with Gasteiger partial charge in [0.05, 0.1) is 36.6 Å². The van der Waals surface area contributed by atoms with E-state index < -0.39 is 65.2 Å². The van der Waals surface area contributed by atoms with Crippen molar-refractivity contribution in [2.24, 2.45) is 17.3 Å². The van der Waals surface area contributed by atoms with Crippen molar-refractivity contribution in [1.29, 1.82) is 0 Å². The topological polar surface area (TPSA) is 125 Å². The lowest BCUT2D eigenvalue weighted by molar-refractivity contribution is -0.162. The van der Waals surface area contributed by atoms with E-state index in [1.54, 1.807) is 30.9 Å². The number of carbonyl (C=O) groups excluding carboxylic acids is 4. The molecule has 0 saturated carbocycles. The summed E-state index contributed by atoms with van der Waals surface area (Å²) in [7, 11) is 0. The number of nitrogens with one attached hydrogen (secondary N) is 1. The lowest BCUT2D eigenvalue weighted by Gasteiger charge is -2.46. The van der Waals surface area contributed by atoms with Crippen molar-refractivity contribution in [3.05, 3.63) is 61.2 Å². The molecular weight excluding hydrogens is 690 g/mol. The van der Waals surface area contributed by atoms with Gasteiger partial charge < -0.3 is 29.7 Å². The number of nitrogens with zero attached hydrogens (tertiary/aromatic N) is 2. The van der Waals surface area contributed by atoms with Gasteiger partial charge in [-0.2, -0.15) is 0 Å². The summed E-state index contributed by atoms with van der Waals surface area (Å²) in [4.78, 5) is 59.4. The highest BCUT2D eigenvalue weighted by atomic mass is 79.9. The van der Waals surface area contributed by atoms with Crippen LogP contribution in [0.2, 0.25) is 0 Å². The Labute approximate surface area is 299 Å². The summed E-state index contributed by atoms with van der Waals surface area (Å²) >= 11 is 3.73. The van der Waals surface area contributed by atoms with Crippen molar-refractivity contribution in [2.75, 3.05) is 13.2 Å². The first-order valence-corrected chi connectivity index (χ1v) is 18.2. The van der Waals surface area contributed by atoms with E-state index in [1.165, 1.54) is 4.90 Å². The van der Waals surface area contributed by atoms with E-state index in [4.69, 9.17) is 9.47 Å². The third kappa shape index (κ3) is 7.69. The maximum absolute atomic E-state index is 14.9. The van der Waals surface area contributed by atoms with Crippen LogP contribution in [-0.4, -0.2) is 91.9 Å². The fourth-order valence-corrected chi connectivity index (χ4v) is 9.37. The molecule has 49 heavy (non-hydrogen) atoms. The summed E-state index contributed by atoms with van der Waals surface area (Å²) in [5.41, 5.74) is -1.37. The average molecular weight is 745 g/mol. The maximum Gasteiger partial charge on any atom is 0.313 e. The molecule has 3 amide bonds. The second kappa shape index (κ2) is 15.1. The van der Waals surface area contributed by atoms with Gasteiger partial charge in [0.2, 0.25) is 17.7 Å². The van der Waals surface area contributed by atoms with Crippen LogP contribution >= 0.6 is 15.9 Å². The number of hydrogen-bond donors (Lipinski definition) is 2. The summed E-state index contributed by atoms with van der Waals surface area (Å²) < 4.78 is 13.0. The number of benzene rings is 1. The molecule has 0 aromatic heterocycles. The fraction of sp³-hybridized carbons (Fsp3) is 0.632. The van der Waals surface area contributed by atoms with Gasteiger partial charge in [0.25, 0.3) is 0 Å². The minimum atomic E-state index is -1.33. The third-order valence-electron chi connectivity index (χ3n) is 10.0. The predicted octanol–water partition coefficient (Wildman–Crippen LogP) is 5.10. The van der Waals surface area contributed by atoms with Crippen molar-refractivity contribution in [3.63, 3.8) is 0 Å². The molecule has 0 radical (unpaired) electrons. The van der Waals surface area contributed by atoms with Crippen LogP contribution in [0, 0.1) is 17.3 Å². The summed E-state index contributed by atoms with van der Waals surface area (Å²) in [6.07, 6.45) is 3.51. The van der Waals surface area contributed by atoms with Crippen molar-refractivity contribution in [1.82, 2.24) is 15.1 Å².